The number of carbonyl (C=O) groups excluding carboxylic acids is 1. The van der Waals surface area contributed by atoms with Crippen LogP contribution in [-0.4, -0.2) is 18.7 Å². The third-order valence-electron chi connectivity index (χ3n) is 3.51. The fourth-order valence-corrected chi connectivity index (χ4v) is 3.04. The van der Waals surface area contributed by atoms with Crippen LogP contribution in [0.2, 0.25) is 0 Å². The standard InChI is InChI=1S/C16H16N2OS/c1-20-15-9-5-4-8-14(15)18-16(19)12-10-17-13-7-3-2-6-11(12)13/h2-9,12,17H,10H2,1H3,(H,18,19). The molecule has 4 heteroatoms. The summed E-state index contributed by atoms with van der Waals surface area (Å²) in [5, 5.41) is 6.32. The summed E-state index contributed by atoms with van der Waals surface area (Å²) in [6, 6.07) is 15.9. The normalized spacial score (nSPS) is 16.4. The zero-order valence-electron chi connectivity index (χ0n) is 11.2. The Balaban J connectivity index is 1.81. The van der Waals surface area contributed by atoms with Crippen LogP contribution in [0.1, 0.15) is 11.5 Å². The first kappa shape index (κ1) is 13.1. The molecule has 1 unspecified atom stereocenters. The molecule has 20 heavy (non-hydrogen) atoms. The molecule has 0 spiro atoms. The van der Waals surface area contributed by atoms with E-state index in [1.54, 1.807) is 11.8 Å². The number of anilines is 2. The summed E-state index contributed by atoms with van der Waals surface area (Å²) >= 11 is 1.64. The molecule has 1 amide bonds. The highest BCUT2D eigenvalue weighted by molar-refractivity contribution is 7.98. The van der Waals surface area contributed by atoms with Crippen molar-refractivity contribution in [2.24, 2.45) is 0 Å². The molecule has 1 heterocycles. The lowest BCUT2D eigenvalue weighted by Gasteiger charge is -2.13. The van der Waals surface area contributed by atoms with E-state index in [9.17, 15) is 4.79 Å². The lowest BCUT2D eigenvalue weighted by molar-refractivity contribution is -0.117. The van der Waals surface area contributed by atoms with E-state index in [0.717, 1.165) is 21.8 Å². The van der Waals surface area contributed by atoms with Crippen molar-refractivity contribution in [2.75, 3.05) is 23.4 Å². The van der Waals surface area contributed by atoms with Gasteiger partial charge in [-0.3, -0.25) is 4.79 Å². The molecule has 2 N–H and O–H groups in total. The van der Waals surface area contributed by atoms with E-state index in [1.165, 1.54) is 0 Å². The van der Waals surface area contributed by atoms with Crippen LogP contribution < -0.4 is 10.6 Å². The minimum atomic E-state index is -0.124. The summed E-state index contributed by atoms with van der Waals surface area (Å²) in [4.78, 5) is 13.6. The second kappa shape index (κ2) is 5.59. The molecule has 0 aliphatic carbocycles. The maximum absolute atomic E-state index is 12.5. The van der Waals surface area contributed by atoms with Gasteiger partial charge in [0.25, 0.3) is 0 Å². The van der Waals surface area contributed by atoms with Crippen LogP contribution in [0.4, 0.5) is 11.4 Å². The van der Waals surface area contributed by atoms with Gasteiger partial charge in [-0.1, -0.05) is 30.3 Å². The maximum atomic E-state index is 12.5. The monoisotopic (exact) mass is 284 g/mol. The molecule has 1 atom stereocenters. The number of para-hydroxylation sites is 2. The molecule has 3 nitrogen and oxygen atoms in total. The molecule has 0 saturated heterocycles. The Labute approximate surface area is 122 Å². The van der Waals surface area contributed by atoms with Gasteiger partial charge in [0.2, 0.25) is 5.91 Å². The van der Waals surface area contributed by atoms with Crippen molar-refractivity contribution in [2.45, 2.75) is 10.8 Å². The highest BCUT2D eigenvalue weighted by Gasteiger charge is 2.28. The first-order chi connectivity index (χ1) is 9.79. The number of rotatable bonds is 3. The third kappa shape index (κ3) is 2.39. The van der Waals surface area contributed by atoms with Crippen molar-refractivity contribution in [3.63, 3.8) is 0 Å². The number of nitrogens with one attached hydrogen (secondary N) is 2. The second-order valence-electron chi connectivity index (χ2n) is 4.71. The fraction of sp³-hybridized carbons (Fsp3) is 0.188. The van der Waals surface area contributed by atoms with Gasteiger partial charge in [-0.2, -0.15) is 0 Å². The maximum Gasteiger partial charge on any atom is 0.233 e. The highest BCUT2D eigenvalue weighted by Crippen LogP contribution is 2.33. The average Bonchev–Trinajstić information content (AvgIpc) is 2.92. The van der Waals surface area contributed by atoms with E-state index in [0.29, 0.717) is 6.54 Å². The number of benzene rings is 2. The van der Waals surface area contributed by atoms with Crippen LogP contribution in [-0.2, 0) is 4.79 Å². The predicted molar refractivity (Wildman–Crippen MR) is 84.5 cm³/mol. The summed E-state index contributed by atoms with van der Waals surface area (Å²) < 4.78 is 0. The molecule has 0 saturated carbocycles. The van der Waals surface area contributed by atoms with Crippen LogP contribution in [0.3, 0.4) is 0 Å². The Morgan fingerprint density at radius 1 is 1.20 bits per heavy atom. The molecular weight excluding hydrogens is 268 g/mol. The fourth-order valence-electron chi connectivity index (χ4n) is 2.49. The second-order valence-corrected chi connectivity index (χ2v) is 5.56. The molecule has 0 radical (unpaired) electrons. The Morgan fingerprint density at radius 3 is 2.80 bits per heavy atom. The lowest BCUT2D eigenvalue weighted by Crippen LogP contribution is -2.22. The molecule has 1 aliphatic rings. The lowest BCUT2D eigenvalue weighted by atomic mass is 10.0. The van der Waals surface area contributed by atoms with Crippen LogP contribution in [0.5, 0.6) is 0 Å². The number of carbonyl (C=O) groups is 1. The van der Waals surface area contributed by atoms with Crippen LogP contribution in [0.25, 0.3) is 0 Å². The minimum Gasteiger partial charge on any atom is -0.384 e. The summed E-state index contributed by atoms with van der Waals surface area (Å²) in [5.74, 6) is -0.0786. The van der Waals surface area contributed by atoms with Gasteiger partial charge in [0.15, 0.2) is 0 Å². The van der Waals surface area contributed by atoms with Crippen molar-refractivity contribution in [3.05, 3.63) is 54.1 Å². The molecule has 3 rings (SSSR count). The van der Waals surface area contributed by atoms with E-state index in [4.69, 9.17) is 0 Å². The SMILES string of the molecule is CSc1ccccc1NC(=O)C1CNc2ccccc21. The molecule has 0 aromatic heterocycles. The van der Waals surface area contributed by atoms with Crippen molar-refractivity contribution in [1.82, 2.24) is 0 Å². The summed E-state index contributed by atoms with van der Waals surface area (Å²) in [6.45, 7) is 0.659. The molecule has 102 valence electrons. The van der Waals surface area contributed by atoms with E-state index >= 15 is 0 Å². The molecule has 0 bridgehead atoms. The minimum absolute atomic E-state index is 0.0453. The van der Waals surface area contributed by atoms with E-state index in [1.807, 2.05) is 54.8 Å². The van der Waals surface area contributed by atoms with Gasteiger partial charge in [0, 0.05) is 17.1 Å². The predicted octanol–water partition coefficient (Wildman–Crippen LogP) is 3.56. The van der Waals surface area contributed by atoms with E-state index in [-0.39, 0.29) is 11.8 Å². The average molecular weight is 284 g/mol. The van der Waals surface area contributed by atoms with Crippen molar-refractivity contribution < 1.29 is 4.79 Å². The summed E-state index contributed by atoms with van der Waals surface area (Å²) in [5.41, 5.74) is 3.02. The Hall–Kier alpha value is -1.94. The van der Waals surface area contributed by atoms with Gasteiger partial charge < -0.3 is 10.6 Å². The van der Waals surface area contributed by atoms with Crippen LogP contribution >= 0.6 is 11.8 Å². The van der Waals surface area contributed by atoms with Crippen molar-refractivity contribution >= 4 is 29.0 Å². The Bertz CT molecular complexity index is 642. The number of thioether (sulfide) groups is 1. The van der Waals surface area contributed by atoms with Gasteiger partial charge >= 0.3 is 0 Å². The quantitative estimate of drug-likeness (QED) is 0.847. The number of fused-ring (bicyclic) bond motifs is 1. The zero-order valence-corrected chi connectivity index (χ0v) is 12.0. The van der Waals surface area contributed by atoms with Gasteiger partial charge in [-0.05, 0) is 30.0 Å². The van der Waals surface area contributed by atoms with Gasteiger partial charge in [0.05, 0.1) is 11.6 Å². The van der Waals surface area contributed by atoms with E-state index < -0.39 is 0 Å². The summed E-state index contributed by atoms with van der Waals surface area (Å²) in [6.07, 6.45) is 2.01. The third-order valence-corrected chi connectivity index (χ3v) is 4.31. The molecule has 2 aromatic rings. The van der Waals surface area contributed by atoms with Gasteiger partial charge in [0.1, 0.15) is 0 Å². The van der Waals surface area contributed by atoms with Crippen molar-refractivity contribution in [3.8, 4) is 0 Å². The summed E-state index contributed by atoms with van der Waals surface area (Å²) in [7, 11) is 0. The zero-order chi connectivity index (χ0) is 13.9. The molecule has 2 aromatic carbocycles. The van der Waals surface area contributed by atoms with E-state index in [2.05, 4.69) is 10.6 Å². The highest BCUT2D eigenvalue weighted by atomic mass is 32.2. The first-order valence-corrected chi connectivity index (χ1v) is 7.79. The van der Waals surface area contributed by atoms with Crippen LogP contribution in [0, 0.1) is 0 Å². The van der Waals surface area contributed by atoms with Crippen molar-refractivity contribution in [1.29, 1.82) is 0 Å². The van der Waals surface area contributed by atoms with Crippen LogP contribution in [0.15, 0.2) is 53.4 Å². The largest absolute Gasteiger partial charge is 0.384 e. The Morgan fingerprint density at radius 2 is 1.95 bits per heavy atom. The molecule has 1 aliphatic heterocycles. The molecular formula is C16H16N2OS. The first-order valence-electron chi connectivity index (χ1n) is 6.56. The van der Waals surface area contributed by atoms with Gasteiger partial charge in [-0.15, -0.1) is 11.8 Å². The molecule has 0 fully saturated rings. The Kier molecular flexibility index (Phi) is 3.65. The van der Waals surface area contributed by atoms with Gasteiger partial charge in [-0.25, -0.2) is 0 Å². The number of hydrogen-bond donors (Lipinski definition) is 2. The smallest absolute Gasteiger partial charge is 0.233 e. The number of amides is 1. The topological polar surface area (TPSA) is 41.1 Å². The number of hydrogen-bond acceptors (Lipinski definition) is 3.